The number of carbonyl (C=O) groups is 1. The lowest BCUT2D eigenvalue weighted by Crippen LogP contribution is -2.37. The fourth-order valence-electron chi connectivity index (χ4n) is 1.63. The molecule has 0 fully saturated rings. The van der Waals surface area contributed by atoms with E-state index in [-0.39, 0.29) is 12.1 Å². The van der Waals surface area contributed by atoms with Gasteiger partial charge in [-0.2, -0.15) is 5.26 Å². The van der Waals surface area contributed by atoms with E-state index in [1.54, 1.807) is 6.07 Å². The highest BCUT2D eigenvalue weighted by Gasteiger charge is 2.32. The van der Waals surface area contributed by atoms with Crippen LogP contribution in [-0.2, 0) is 11.2 Å². The van der Waals surface area contributed by atoms with E-state index in [0.29, 0.717) is 0 Å². The van der Waals surface area contributed by atoms with Gasteiger partial charge in [0.1, 0.15) is 12.4 Å². The van der Waals surface area contributed by atoms with E-state index < -0.39 is 36.5 Å². The second kappa shape index (κ2) is 6.91. The van der Waals surface area contributed by atoms with Crippen LogP contribution in [0.1, 0.15) is 12.0 Å². The van der Waals surface area contributed by atoms with Gasteiger partial charge in [0.15, 0.2) is 0 Å². The first kappa shape index (κ1) is 16.0. The molecule has 0 heterocycles. The molecular weight excluding hydrogens is 271 g/mol. The van der Waals surface area contributed by atoms with Crippen molar-refractivity contribution in [3.63, 3.8) is 0 Å². The zero-order valence-electron chi connectivity index (χ0n) is 10.5. The monoisotopic (exact) mass is 284 g/mol. The van der Waals surface area contributed by atoms with E-state index >= 15 is 0 Å². The lowest BCUT2D eigenvalue weighted by molar-refractivity contribution is -0.123. The number of amides is 1. The van der Waals surface area contributed by atoms with Crippen molar-refractivity contribution in [3.05, 3.63) is 41.4 Å². The fourth-order valence-corrected chi connectivity index (χ4v) is 1.63. The molecule has 0 bridgehead atoms. The van der Waals surface area contributed by atoms with Gasteiger partial charge in [-0.25, -0.2) is 13.2 Å². The predicted octanol–water partition coefficient (Wildman–Crippen LogP) is 2.45. The minimum absolute atomic E-state index is 0.165. The molecule has 0 saturated heterocycles. The second-order valence-electron chi connectivity index (χ2n) is 4.26. The Bertz CT molecular complexity index is 514. The molecular formula is C13H13F3N3O-. The Morgan fingerprint density at radius 1 is 1.45 bits per heavy atom. The average molecular weight is 284 g/mol. The summed E-state index contributed by atoms with van der Waals surface area (Å²) in [5.41, 5.74) is 7.17. The molecule has 0 radical (unpaired) electrons. The summed E-state index contributed by atoms with van der Waals surface area (Å²) in [5, 5.41) is 10.3. The molecule has 0 spiro atoms. The van der Waals surface area contributed by atoms with Crippen molar-refractivity contribution >= 4 is 5.91 Å². The molecule has 0 aliphatic heterocycles. The van der Waals surface area contributed by atoms with Gasteiger partial charge in [-0.3, -0.25) is 4.79 Å². The van der Waals surface area contributed by atoms with Gasteiger partial charge in [-0.15, -0.1) is 0 Å². The third-order valence-electron chi connectivity index (χ3n) is 2.57. The first-order valence-electron chi connectivity index (χ1n) is 5.83. The lowest BCUT2D eigenvalue weighted by Gasteiger charge is -2.25. The molecule has 1 atom stereocenters. The van der Waals surface area contributed by atoms with Crippen LogP contribution in [0.25, 0.3) is 5.73 Å². The lowest BCUT2D eigenvalue weighted by atomic mass is 10.0. The third kappa shape index (κ3) is 4.90. The van der Waals surface area contributed by atoms with Crippen LogP contribution in [0.3, 0.4) is 0 Å². The van der Waals surface area contributed by atoms with Gasteiger partial charge < -0.3 is 11.1 Å². The molecule has 7 heteroatoms. The Hall–Kier alpha value is -2.07. The van der Waals surface area contributed by atoms with Crippen LogP contribution in [0.2, 0.25) is 0 Å². The molecule has 0 aliphatic rings. The van der Waals surface area contributed by atoms with Crippen molar-refractivity contribution in [2.75, 3.05) is 6.54 Å². The first-order chi connectivity index (χ1) is 9.35. The van der Waals surface area contributed by atoms with Gasteiger partial charge in [0.2, 0.25) is 5.91 Å². The maximum atomic E-state index is 13.7. The summed E-state index contributed by atoms with van der Waals surface area (Å²) in [5.74, 6) is -5.07. The minimum Gasteiger partial charge on any atom is -0.667 e. The quantitative estimate of drug-likeness (QED) is 0.814. The zero-order valence-corrected chi connectivity index (χ0v) is 10.5. The van der Waals surface area contributed by atoms with Crippen molar-refractivity contribution in [1.29, 1.82) is 5.26 Å². The van der Waals surface area contributed by atoms with Crippen molar-refractivity contribution < 1.29 is 18.0 Å². The van der Waals surface area contributed by atoms with E-state index in [2.05, 4.69) is 0 Å². The van der Waals surface area contributed by atoms with E-state index in [0.717, 1.165) is 6.07 Å². The first-order valence-corrected chi connectivity index (χ1v) is 5.83. The molecule has 0 aromatic heterocycles. The molecule has 0 unspecified atom stereocenters. The van der Waals surface area contributed by atoms with Crippen molar-refractivity contribution in [2.24, 2.45) is 0 Å². The summed E-state index contributed by atoms with van der Waals surface area (Å²) in [6.45, 7) is -0.340. The zero-order chi connectivity index (χ0) is 15.2. The molecule has 0 saturated carbocycles. The van der Waals surface area contributed by atoms with E-state index in [1.807, 2.05) is 5.32 Å². The van der Waals surface area contributed by atoms with Crippen molar-refractivity contribution in [1.82, 2.24) is 5.32 Å². The topological polar surface area (TPSA) is 76.7 Å². The van der Waals surface area contributed by atoms with Crippen LogP contribution in [0.5, 0.6) is 0 Å². The van der Waals surface area contributed by atoms with Crippen molar-refractivity contribution in [3.8, 4) is 6.07 Å². The minimum atomic E-state index is -3.38. The Balaban J connectivity index is 2.63. The highest BCUT2D eigenvalue weighted by molar-refractivity contribution is 5.83. The van der Waals surface area contributed by atoms with Crippen LogP contribution in [0, 0.1) is 17.1 Å². The van der Waals surface area contributed by atoms with Gasteiger partial charge in [0.05, 0.1) is 6.07 Å². The van der Waals surface area contributed by atoms with Crippen LogP contribution in [0.4, 0.5) is 13.2 Å². The normalized spacial score (nSPS) is 12.6. The number of benzene rings is 1. The summed E-state index contributed by atoms with van der Waals surface area (Å²) in [4.78, 5) is 11.2. The van der Waals surface area contributed by atoms with Gasteiger partial charge in [0.25, 0.3) is 5.92 Å². The number of nitriles is 1. The van der Waals surface area contributed by atoms with Gasteiger partial charge in [0, 0.05) is 12.8 Å². The SMILES string of the molecule is N#CCNC(=O)[C@@H]([NH-])CC(F)(F)Cc1ccccc1F. The fraction of sp³-hybridized carbons (Fsp3) is 0.385. The summed E-state index contributed by atoms with van der Waals surface area (Å²) in [6, 6.07) is 5.04. The maximum absolute atomic E-state index is 13.7. The van der Waals surface area contributed by atoms with Crippen molar-refractivity contribution in [2.45, 2.75) is 24.8 Å². The Morgan fingerprint density at radius 2 is 2.10 bits per heavy atom. The summed E-state index contributed by atoms with van der Waals surface area (Å²) < 4.78 is 40.7. The molecule has 0 aliphatic carbocycles. The number of hydrogen-bond donors (Lipinski definition) is 1. The molecule has 1 rings (SSSR count). The molecule has 108 valence electrons. The van der Waals surface area contributed by atoms with Crippen LogP contribution < -0.4 is 5.32 Å². The second-order valence-corrected chi connectivity index (χ2v) is 4.26. The molecule has 1 aromatic rings. The molecule has 1 aromatic carbocycles. The number of hydrogen-bond acceptors (Lipinski definition) is 2. The van der Waals surface area contributed by atoms with Gasteiger partial charge in [-0.1, -0.05) is 24.2 Å². The van der Waals surface area contributed by atoms with Crippen LogP contribution in [-0.4, -0.2) is 24.4 Å². The number of nitrogens with zero attached hydrogens (tertiary/aromatic N) is 1. The summed E-state index contributed by atoms with van der Waals surface area (Å²) in [7, 11) is 0. The molecule has 1 amide bonds. The predicted molar refractivity (Wildman–Crippen MR) is 66.4 cm³/mol. The number of halogens is 3. The summed E-state index contributed by atoms with van der Waals surface area (Å²) >= 11 is 0. The number of rotatable bonds is 6. The molecule has 4 nitrogen and oxygen atoms in total. The van der Waals surface area contributed by atoms with Gasteiger partial charge in [-0.05, 0) is 11.6 Å². The Kier molecular flexibility index (Phi) is 5.53. The average Bonchev–Trinajstić information content (AvgIpc) is 2.37. The number of nitrogens with one attached hydrogen (secondary N) is 2. The standard InChI is InChI=1S/C13H13F3N3O/c14-10-4-2-1-3-9(10)7-13(15,16)8-11(18)12(20)19-6-5-17/h1-4,11,18H,6-8H2,(H,19,20)/q-1/t11-/m0/s1. The Morgan fingerprint density at radius 3 is 2.70 bits per heavy atom. The highest BCUT2D eigenvalue weighted by atomic mass is 19.3. The molecule has 2 N–H and O–H groups in total. The highest BCUT2D eigenvalue weighted by Crippen LogP contribution is 2.27. The Labute approximate surface area is 114 Å². The van der Waals surface area contributed by atoms with E-state index in [4.69, 9.17) is 11.0 Å². The summed E-state index contributed by atoms with van der Waals surface area (Å²) in [6.07, 6.45) is -1.90. The van der Waals surface area contributed by atoms with Crippen LogP contribution in [0.15, 0.2) is 24.3 Å². The largest absolute Gasteiger partial charge is 0.667 e. The van der Waals surface area contributed by atoms with E-state index in [1.165, 1.54) is 18.2 Å². The number of carbonyl (C=O) groups excluding carboxylic acids is 1. The maximum Gasteiger partial charge on any atom is 0.251 e. The van der Waals surface area contributed by atoms with Crippen LogP contribution >= 0.6 is 0 Å². The third-order valence-corrected chi connectivity index (χ3v) is 2.57. The molecule has 20 heavy (non-hydrogen) atoms. The number of alkyl halides is 2. The van der Waals surface area contributed by atoms with E-state index in [9.17, 15) is 18.0 Å². The smallest absolute Gasteiger partial charge is 0.251 e. The van der Waals surface area contributed by atoms with Gasteiger partial charge >= 0.3 is 0 Å².